The molecule has 0 radical (unpaired) electrons. The normalized spacial score (nSPS) is 13.8. The van der Waals surface area contributed by atoms with Crippen molar-refractivity contribution in [1.29, 1.82) is 0 Å². The van der Waals surface area contributed by atoms with E-state index in [1.807, 2.05) is 13.8 Å². The molecular formula is C44H40O. The van der Waals surface area contributed by atoms with E-state index in [4.69, 9.17) is 4.42 Å². The predicted octanol–water partition coefficient (Wildman–Crippen LogP) is 12.6. The van der Waals surface area contributed by atoms with Gasteiger partial charge in [-0.15, -0.1) is 0 Å². The van der Waals surface area contributed by atoms with Gasteiger partial charge in [-0.2, -0.15) is 0 Å². The minimum atomic E-state index is 0.978. The van der Waals surface area contributed by atoms with Crippen LogP contribution in [0.5, 0.6) is 0 Å². The zero-order valence-electron chi connectivity index (χ0n) is 26.8. The quantitative estimate of drug-likeness (QED) is 0.201. The fourth-order valence-corrected chi connectivity index (χ4v) is 7.33. The first-order valence-electron chi connectivity index (χ1n) is 16.5. The fourth-order valence-electron chi connectivity index (χ4n) is 7.33. The molecule has 0 fully saturated rings. The first-order valence-corrected chi connectivity index (χ1v) is 16.5. The van der Waals surface area contributed by atoms with Gasteiger partial charge >= 0.3 is 0 Å². The Morgan fingerprint density at radius 1 is 0.667 bits per heavy atom. The van der Waals surface area contributed by atoms with E-state index in [2.05, 4.69) is 135 Å². The molecule has 1 aromatic heterocycles. The van der Waals surface area contributed by atoms with Crippen molar-refractivity contribution in [3.05, 3.63) is 148 Å². The van der Waals surface area contributed by atoms with Crippen LogP contribution in [-0.2, 0) is 12.8 Å². The van der Waals surface area contributed by atoms with Crippen molar-refractivity contribution in [2.24, 2.45) is 0 Å². The van der Waals surface area contributed by atoms with Gasteiger partial charge in [0, 0.05) is 17.4 Å². The van der Waals surface area contributed by atoms with Crippen LogP contribution in [0.4, 0.5) is 0 Å². The van der Waals surface area contributed by atoms with Gasteiger partial charge in [0.05, 0.1) is 0 Å². The Balaban J connectivity index is 0.00000160. The molecule has 1 nitrogen and oxygen atoms in total. The van der Waals surface area contributed by atoms with Crippen LogP contribution in [0.15, 0.2) is 114 Å². The summed E-state index contributed by atoms with van der Waals surface area (Å²) < 4.78 is 6.27. The smallest absolute Gasteiger partial charge is 0.134 e. The van der Waals surface area contributed by atoms with Crippen LogP contribution in [0, 0.1) is 6.92 Å². The maximum Gasteiger partial charge on any atom is 0.134 e. The Morgan fingerprint density at radius 2 is 1.38 bits per heavy atom. The Hall–Kier alpha value is -4.88. The van der Waals surface area contributed by atoms with Crippen LogP contribution >= 0.6 is 0 Å². The Kier molecular flexibility index (Phi) is 7.86. The molecule has 45 heavy (non-hydrogen) atoms. The summed E-state index contributed by atoms with van der Waals surface area (Å²) in [5, 5.41) is 3.83. The summed E-state index contributed by atoms with van der Waals surface area (Å²) in [7, 11) is 0. The largest absolute Gasteiger partial charge is 0.460 e. The topological polar surface area (TPSA) is 13.1 Å². The molecule has 0 N–H and O–H groups in total. The van der Waals surface area contributed by atoms with E-state index in [0.29, 0.717) is 0 Å². The van der Waals surface area contributed by atoms with Crippen molar-refractivity contribution in [2.45, 2.75) is 53.4 Å². The van der Waals surface area contributed by atoms with E-state index >= 15 is 0 Å². The van der Waals surface area contributed by atoms with Gasteiger partial charge in [-0.05, 0) is 118 Å². The molecule has 5 aromatic carbocycles. The van der Waals surface area contributed by atoms with Gasteiger partial charge in [0.15, 0.2) is 0 Å². The third kappa shape index (κ3) is 4.97. The lowest BCUT2D eigenvalue weighted by Crippen LogP contribution is -2.03. The highest BCUT2D eigenvalue weighted by Crippen LogP contribution is 2.46. The molecule has 0 amide bonds. The van der Waals surface area contributed by atoms with E-state index in [9.17, 15) is 0 Å². The Bertz CT molecular complexity index is 2150. The monoisotopic (exact) mass is 584 g/mol. The summed E-state index contributed by atoms with van der Waals surface area (Å²) >= 11 is 0. The van der Waals surface area contributed by atoms with Gasteiger partial charge in [-0.25, -0.2) is 0 Å². The van der Waals surface area contributed by atoms with E-state index in [1.54, 1.807) is 0 Å². The highest BCUT2D eigenvalue weighted by molar-refractivity contribution is 6.11. The van der Waals surface area contributed by atoms with E-state index < -0.39 is 0 Å². The van der Waals surface area contributed by atoms with Crippen LogP contribution < -0.4 is 0 Å². The van der Waals surface area contributed by atoms with E-state index in [1.165, 1.54) is 77.4 Å². The Labute approximate surface area is 267 Å². The number of benzene rings is 5. The molecule has 0 aliphatic heterocycles. The lowest BCUT2D eigenvalue weighted by atomic mass is 9.79. The van der Waals surface area contributed by atoms with Crippen molar-refractivity contribution in [2.75, 3.05) is 0 Å². The standard InChI is InChI=1S/C42H34O.C2H6/c1-3-31(32-16-5-4-13-27(32)2)28-14-12-15-29(25-28)41-34-18-6-8-20-36(34)42(37-21-9-7-19-35(37)41)30-23-24-40-38(26-30)33-17-10-11-22-39(33)43-40;1-2/h3-8,10,12-20,23-26H,9,11,21-22H2,1-2H3;1-2H3/b31-3-;. The third-order valence-corrected chi connectivity index (χ3v) is 9.31. The van der Waals surface area contributed by atoms with Crippen LogP contribution in [0.1, 0.15) is 72.8 Å². The van der Waals surface area contributed by atoms with Crippen molar-refractivity contribution in [1.82, 2.24) is 0 Å². The van der Waals surface area contributed by atoms with Gasteiger partial charge < -0.3 is 4.42 Å². The second kappa shape index (κ2) is 12.3. The molecule has 0 saturated heterocycles. The summed E-state index contributed by atoms with van der Waals surface area (Å²) in [5.74, 6) is 1.12. The minimum Gasteiger partial charge on any atom is -0.460 e. The molecular weight excluding hydrogens is 544 g/mol. The highest BCUT2D eigenvalue weighted by atomic mass is 16.3. The maximum absolute atomic E-state index is 6.27. The second-order valence-electron chi connectivity index (χ2n) is 11.8. The van der Waals surface area contributed by atoms with E-state index in [0.717, 1.165) is 37.0 Å². The van der Waals surface area contributed by atoms with Crippen LogP contribution in [0.25, 0.3) is 61.7 Å². The van der Waals surface area contributed by atoms with Crippen LogP contribution in [-0.4, -0.2) is 0 Å². The molecule has 2 aliphatic rings. The molecule has 1 heterocycles. The third-order valence-electron chi connectivity index (χ3n) is 9.31. The molecule has 1 heteroatoms. The van der Waals surface area contributed by atoms with Gasteiger partial charge in [0.25, 0.3) is 0 Å². The molecule has 0 saturated carbocycles. The molecule has 0 bridgehead atoms. The SMILES string of the molecule is C/C=C(/c1cccc(-c2c3c(c(-c4ccc5oc6c(c5c4)C=CCC6)c4ccccc24)CCC=C3)c1)c1ccccc1C.CC. The number of furan rings is 1. The van der Waals surface area contributed by atoms with Crippen molar-refractivity contribution < 1.29 is 4.42 Å². The average molecular weight is 585 g/mol. The lowest BCUT2D eigenvalue weighted by Gasteiger charge is -2.24. The summed E-state index contributed by atoms with van der Waals surface area (Å²) in [6, 6.07) is 33.6. The molecule has 0 unspecified atom stereocenters. The van der Waals surface area contributed by atoms with Gasteiger partial charge in [0.1, 0.15) is 11.3 Å². The van der Waals surface area contributed by atoms with Crippen molar-refractivity contribution in [3.8, 4) is 22.3 Å². The first-order chi connectivity index (χ1) is 22.2. The van der Waals surface area contributed by atoms with Crippen LogP contribution in [0.3, 0.4) is 0 Å². The lowest BCUT2D eigenvalue weighted by molar-refractivity contribution is 0.546. The van der Waals surface area contributed by atoms with Crippen molar-refractivity contribution in [3.63, 3.8) is 0 Å². The summed E-state index contributed by atoms with van der Waals surface area (Å²) in [6.45, 7) is 8.34. The summed E-state index contributed by atoms with van der Waals surface area (Å²) in [4.78, 5) is 0. The van der Waals surface area contributed by atoms with Crippen LogP contribution in [0.2, 0.25) is 0 Å². The molecule has 6 aromatic rings. The zero-order chi connectivity index (χ0) is 30.9. The molecule has 0 atom stereocenters. The number of aryl methyl sites for hydroxylation is 2. The van der Waals surface area contributed by atoms with E-state index in [-0.39, 0.29) is 0 Å². The predicted molar refractivity (Wildman–Crippen MR) is 195 cm³/mol. The summed E-state index contributed by atoms with van der Waals surface area (Å²) in [5.41, 5.74) is 15.4. The first kappa shape index (κ1) is 28.9. The fraction of sp³-hybridized carbons (Fsp3) is 0.182. The zero-order valence-corrected chi connectivity index (χ0v) is 26.8. The Morgan fingerprint density at radius 3 is 2.18 bits per heavy atom. The van der Waals surface area contributed by atoms with Gasteiger partial charge in [0.2, 0.25) is 0 Å². The number of hydrogen-bond donors (Lipinski definition) is 0. The minimum absolute atomic E-state index is 0.978. The number of hydrogen-bond acceptors (Lipinski definition) is 1. The number of rotatable bonds is 4. The second-order valence-corrected chi connectivity index (χ2v) is 11.8. The van der Waals surface area contributed by atoms with Gasteiger partial charge in [-0.1, -0.05) is 117 Å². The summed E-state index contributed by atoms with van der Waals surface area (Å²) in [6.07, 6.45) is 15.6. The maximum atomic E-state index is 6.27. The molecule has 2 aliphatic carbocycles. The molecule has 8 rings (SSSR count). The van der Waals surface area contributed by atoms with Gasteiger partial charge in [-0.3, -0.25) is 0 Å². The highest BCUT2D eigenvalue weighted by Gasteiger charge is 2.23. The average Bonchev–Trinajstić information content (AvgIpc) is 3.47. The molecule has 222 valence electrons. The number of fused-ring (bicyclic) bond motifs is 5. The molecule has 0 spiro atoms. The number of allylic oxidation sites excluding steroid dienone is 3. The van der Waals surface area contributed by atoms with Crippen molar-refractivity contribution >= 4 is 39.5 Å².